The van der Waals surface area contributed by atoms with E-state index in [0.29, 0.717) is 28.6 Å². The fourth-order valence-electron chi connectivity index (χ4n) is 3.40. The van der Waals surface area contributed by atoms with E-state index in [4.69, 9.17) is 18.6 Å². The van der Waals surface area contributed by atoms with Crippen molar-refractivity contribution in [3.8, 4) is 11.5 Å². The number of aryl methyl sites for hydroxylation is 1. The molecule has 0 spiro atoms. The Kier molecular flexibility index (Phi) is 5.92. The van der Waals surface area contributed by atoms with Gasteiger partial charge in [-0.15, -0.1) is 0 Å². The number of rotatable bonds is 6. The van der Waals surface area contributed by atoms with Crippen LogP contribution in [0, 0.1) is 6.92 Å². The van der Waals surface area contributed by atoms with Crippen molar-refractivity contribution in [2.45, 2.75) is 33.3 Å². The summed E-state index contributed by atoms with van der Waals surface area (Å²) < 4.78 is 21.4. The molecule has 0 fully saturated rings. The Labute approximate surface area is 169 Å². The summed E-state index contributed by atoms with van der Waals surface area (Å²) in [7, 11) is 2.94. The number of fused-ring (bicyclic) bond motifs is 1. The maximum Gasteiger partial charge on any atom is 0.346 e. The Hall–Kier alpha value is -3.28. The van der Waals surface area contributed by atoms with Gasteiger partial charge in [0.1, 0.15) is 29.3 Å². The number of benzene rings is 2. The number of esters is 1. The molecular formula is C23H24O6. The Balaban J connectivity index is 1.98. The van der Waals surface area contributed by atoms with Crippen molar-refractivity contribution in [1.29, 1.82) is 0 Å². The van der Waals surface area contributed by atoms with Crippen LogP contribution in [0.4, 0.5) is 0 Å². The standard InChI is InChI=1S/C23H24O6/c1-13(2)16-11-17-15(10-21(24)29-20(17)9-14(16)3)12-28-23(25)22-18(26-4)7-6-8-19(22)27-5/h6-11,13H,12H2,1-5H3. The molecule has 0 atom stereocenters. The van der Waals surface area contributed by atoms with E-state index in [9.17, 15) is 9.59 Å². The monoisotopic (exact) mass is 396 g/mol. The lowest BCUT2D eigenvalue weighted by Gasteiger charge is -2.14. The summed E-state index contributed by atoms with van der Waals surface area (Å²) in [6.45, 7) is 6.10. The van der Waals surface area contributed by atoms with E-state index in [1.165, 1.54) is 20.3 Å². The first-order valence-corrected chi connectivity index (χ1v) is 9.31. The highest BCUT2D eigenvalue weighted by atomic mass is 16.5. The van der Waals surface area contributed by atoms with Gasteiger partial charge in [-0.05, 0) is 48.2 Å². The predicted octanol–water partition coefficient (Wildman–Crippen LogP) is 4.60. The summed E-state index contributed by atoms with van der Waals surface area (Å²) in [6, 6.07) is 10.2. The molecule has 0 N–H and O–H groups in total. The van der Waals surface area contributed by atoms with E-state index in [1.807, 2.05) is 19.1 Å². The van der Waals surface area contributed by atoms with Gasteiger partial charge < -0.3 is 18.6 Å². The third-order valence-electron chi connectivity index (χ3n) is 4.83. The molecule has 6 heteroatoms. The fourth-order valence-corrected chi connectivity index (χ4v) is 3.40. The molecular weight excluding hydrogens is 372 g/mol. The average molecular weight is 396 g/mol. The summed E-state index contributed by atoms with van der Waals surface area (Å²) in [5.41, 5.74) is 2.95. The molecule has 2 aromatic carbocycles. The second-order valence-electron chi connectivity index (χ2n) is 7.06. The lowest BCUT2D eigenvalue weighted by molar-refractivity contribution is 0.0466. The first-order valence-electron chi connectivity index (χ1n) is 9.31. The molecule has 3 aromatic rings. The smallest absolute Gasteiger partial charge is 0.346 e. The van der Waals surface area contributed by atoms with Gasteiger partial charge in [-0.2, -0.15) is 0 Å². The SMILES string of the molecule is COc1cccc(OC)c1C(=O)OCc1cc(=O)oc2cc(C)c(C(C)C)cc12. The summed E-state index contributed by atoms with van der Waals surface area (Å²) in [4.78, 5) is 24.7. The van der Waals surface area contributed by atoms with Crippen molar-refractivity contribution >= 4 is 16.9 Å². The van der Waals surface area contributed by atoms with Crippen molar-refractivity contribution < 1.29 is 23.4 Å². The maximum atomic E-state index is 12.7. The Bertz CT molecular complexity index is 1090. The highest BCUT2D eigenvalue weighted by molar-refractivity contribution is 5.95. The van der Waals surface area contributed by atoms with Crippen LogP contribution in [-0.2, 0) is 11.3 Å². The zero-order valence-corrected chi connectivity index (χ0v) is 17.2. The molecule has 6 nitrogen and oxygen atoms in total. The van der Waals surface area contributed by atoms with Crippen molar-refractivity contribution in [3.63, 3.8) is 0 Å². The number of hydrogen-bond acceptors (Lipinski definition) is 6. The van der Waals surface area contributed by atoms with Crippen LogP contribution in [-0.4, -0.2) is 20.2 Å². The quantitative estimate of drug-likeness (QED) is 0.448. The molecule has 0 saturated carbocycles. The molecule has 0 radical (unpaired) electrons. The van der Waals surface area contributed by atoms with Gasteiger partial charge in [0.05, 0.1) is 14.2 Å². The highest BCUT2D eigenvalue weighted by Gasteiger charge is 2.20. The van der Waals surface area contributed by atoms with E-state index in [-0.39, 0.29) is 12.2 Å². The lowest BCUT2D eigenvalue weighted by atomic mass is 9.95. The van der Waals surface area contributed by atoms with Crippen molar-refractivity contribution in [2.24, 2.45) is 0 Å². The van der Waals surface area contributed by atoms with Crippen molar-refractivity contribution in [1.82, 2.24) is 0 Å². The Morgan fingerprint density at radius 3 is 2.31 bits per heavy atom. The lowest BCUT2D eigenvalue weighted by Crippen LogP contribution is -2.11. The normalized spacial score (nSPS) is 11.0. The van der Waals surface area contributed by atoms with Gasteiger partial charge in [-0.1, -0.05) is 19.9 Å². The van der Waals surface area contributed by atoms with Gasteiger partial charge in [-0.25, -0.2) is 9.59 Å². The maximum absolute atomic E-state index is 12.7. The molecule has 0 saturated heterocycles. The Morgan fingerprint density at radius 1 is 1.07 bits per heavy atom. The van der Waals surface area contributed by atoms with Crippen molar-refractivity contribution in [3.05, 3.63) is 69.1 Å². The van der Waals surface area contributed by atoms with Gasteiger partial charge >= 0.3 is 11.6 Å². The van der Waals surface area contributed by atoms with Gasteiger partial charge in [0.25, 0.3) is 0 Å². The second-order valence-corrected chi connectivity index (χ2v) is 7.06. The van der Waals surface area contributed by atoms with Gasteiger partial charge in [0, 0.05) is 17.0 Å². The van der Waals surface area contributed by atoms with Gasteiger partial charge in [0.2, 0.25) is 0 Å². The summed E-state index contributed by atoms with van der Waals surface area (Å²) in [5, 5.41) is 0.749. The molecule has 29 heavy (non-hydrogen) atoms. The zero-order valence-electron chi connectivity index (χ0n) is 17.2. The molecule has 0 unspecified atom stereocenters. The molecule has 1 heterocycles. The van der Waals surface area contributed by atoms with Crippen LogP contribution in [0.5, 0.6) is 11.5 Å². The molecule has 0 amide bonds. The summed E-state index contributed by atoms with van der Waals surface area (Å²) in [6.07, 6.45) is 0. The fraction of sp³-hybridized carbons (Fsp3) is 0.304. The van der Waals surface area contributed by atoms with E-state index < -0.39 is 11.6 Å². The van der Waals surface area contributed by atoms with E-state index in [0.717, 1.165) is 16.5 Å². The first-order chi connectivity index (χ1) is 13.8. The third kappa shape index (κ3) is 4.11. The van der Waals surface area contributed by atoms with Crippen LogP contribution in [0.3, 0.4) is 0 Å². The number of carbonyl (C=O) groups is 1. The summed E-state index contributed by atoms with van der Waals surface area (Å²) in [5.74, 6) is 0.408. The topological polar surface area (TPSA) is 75.0 Å². The number of hydrogen-bond donors (Lipinski definition) is 0. The Morgan fingerprint density at radius 2 is 1.72 bits per heavy atom. The molecule has 3 rings (SSSR count). The number of carbonyl (C=O) groups excluding carboxylic acids is 1. The van der Waals surface area contributed by atoms with E-state index in [2.05, 4.69) is 13.8 Å². The number of methoxy groups -OCH3 is 2. The molecule has 0 aliphatic heterocycles. The molecule has 0 aliphatic rings. The van der Waals surface area contributed by atoms with Gasteiger partial charge in [0.15, 0.2) is 0 Å². The average Bonchev–Trinajstić information content (AvgIpc) is 2.70. The van der Waals surface area contributed by atoms with Crippen LogP contribution in [0.25, 0.3) is 11.0 Å². The molecule has 1 aromatic heterocycles. The predicted molar refractivity (Wildman–Crippen MR) is 110 cm³/mol. The van der Waals surface area contributed by atoms with Crippen LogP contribution < -0.4 is 15.1 Å². The zero-order chi connectivity index (χ0) is 21.1. The first kappa shape index (κ1) is 20.5. The van der Waals surface area contributed by atoms with Gasteiger partial charge in [-0.3, -0.25) is 0 Å². The minimum absolute atomic E-state index is 0.0806. The van der Waals surface area contributed by atoms with Crippen LogP contribution in [0.15, 0.2) is 45.6 Å². The minimum Gasteiger partial charge on any atom is -0.496 e. The van der Waals surface area contributed by atoms with Crippen molar-refractivity contribution in [2.75, 3.05) is 14.2 Å². The molecule has 152 valence electrons. The number of ether oxygens (including phenoxy) is 3. The molecule has 0 bridgehead atoms. The summed E-state index contributed by atoms with van der Waals surface area (Å²) >= 11 is 0. The molecule has 0 aliphatic carbocycles. The van der Waals surface area contributed by atoms with E-state index in [1.54, 1.807) is 18.2 Å². The van der Waals surface area contributed by atoms with Crippen LogP contribution in [0.2, 0.25) is 0 Å². The largest absolute Gasteiger partial charge is 0.496 e. The minimum atomic E-state index is -0.600. The third-order valence-corrected chi connectivity index (χ3v) is 4.83. The van der Waals surface area contributed by atoms with Crippen LogP contribution in [0.1, 0.15) is 46.8 Å². The van der Waals surface area contributed by atoms with Crippen LogP contribution >= 0.6 is 0 Å². The second kappa shape index (κ2) is 8.39. The highest BCUT2D eigenvalue weighted by Crippen LogP contribution is 2.30. The van der Waals surface area contributed by atoms with E-state index >= 15 is 0 Å².